The van der Waals surface area contributed by atoms with Gasteiger partial charge in [-0.1, -0.05) is 0 Å². The van der Waals surface area contributed by atoms with Crippen molar-refractivity contribution in [1.82, 2.24) is 24.5 Å². The van der Waals surface area contributed by atoms with Crippen LogP contribution in [0.25, 0.3) is 16.5 Å². The van der Waals surface area contributed by atoms with Gasteiger partial charge in [0.15, 0.2) is 10.7 Å². The molecule has 3 heterocycles. The topological polar surface area (TPSA) is 98.6 Å². The Hall–Kier alpha value is -2.68. The number of hydrogen-bond donors (Lipinski definition) is 1. The zero-order valence-electron chi connectivity index (χ0n) is 12.1. The van der Waals surface area contributed by atoms with E-state index in [1.807, 2.05) is 12.3 Å². The van der Waals surface area contributed by atoms with Crippen LogP contribution in [0.2, 0.25) is 0 Å². The molecule has 3 aromatic heterocycles. The number of thiazole rings is 1. The van der Waals surface area contributed by atoms with Crippen molar-refractivity contribution in [2.45, 2.75) is 6.92 Å². The maximum atomic E-state index is 11.8. The fraction of sp³-hybridized carbons (Fsp3) is 0.231. The van der Waals surface area contributed by atoms with Gasteiger partial charge in [-0.15, -0.1) is 16.4 Å². The van der Waals surface area contributed by atoms with Gasteiger partial charge in [-0.2, -0.15) is 4.52 Å². The first kappa shape index (κ1) is 14.3. The van der Waals surface area contributed by atoms with Crippen molar-refractivity contribution in [3.63, 3.8) is 0 Å². The standard InChI is InChI=1S/C13H14N6O2S/c1-3-18(2)13(20)21-8-6-9(14)19-10(7-8)16-11(17-19)12-15-4-5-22-12/h4-7H,3,14H2,1-2H3. The average molecular weight is 318 g/mol. The molecule has 0 radical (unpaired) electrons. The second-order valence-corrected chi connectivity index (χ2v) is 5.44. The minimum atomic E-state index is -0.453. The van der Waals surface area contributed by atoms with Crippen LogP contribution in [0.4, 0.5) is 10.6 Å². The van der Waals surface area contributed by atoms with Gasteiger partial charge >= 0.3 is 6.09 Å². The van der Waals surface area contributed by atoms with Crippen LogP contribution in [-0.4, -0.2) is 44.2 Å². The summed E-state index contributed by atoms with van der Waals surface area (Å²) in [5, 5.41) is 6.85. The molecule has 3 rings (SSSR count). The number of nitrogens with zero attached hydrogens (tertiary/aromatic N) is 5. The number of aromatic nitrogens is 4. The van der Waals surface area contributed by atoms with Crippen molar-refractivity contribution in [2.24, 2.45) is 0 Å². The summed E-state index contributed by atoms with van der Waals surface area (Å²) in [7, 11) is 1.65. The number of nitrogen functional groups attached to an aromatic ring is 1. The minimum absolute atomic E-state index is 0.327. The highest BCUT2D eigenvalue weighted by molar-refractivity contribution is 7.13. The molecule has 0 bridgehead atoms. The molecule has 114 valence electrons. The molecule has 0 atom stereocenters. The Morgan fingerprint density at radius 2 is 2.32 bits per heavy atom. The number of carbonyl (C=O) groups is 1. The third kappa shape index (κ3) is 2.58. The largest absolute Gasteiger partial charge is 0.414 e. The molecule has 22 heavy (non-hydrogen) atoms. The van der Waals surface area contributed by atoms with E-state index in [4.69, 9.17) is 10.5 Å². The fourth-order valence-corrected chi connectivity index (χ4v) is 2.34. The Kier molecular flexibility index (Phi) is 3.63. The van der Waals surface area contributed by atoms with Crippen LogP contribution < -0.4 is 10.5 Å². The summed E-state index contributed by atoms with van der Waals surface area (Å²) >= 11 is 1.44. The van der Waals surface area contributed by atoms with E-state index in [0.717, 1.165) is 0 Å². The summed E-state index contributed by atoms with van der Waals surface area (Å²) in [6.45, 7) is 2.41. The van der Waals surface area contributed by atoms with Crippen LogP contribution in [0.15, 0.2) is 23.7 Å². The Morgan fingerprint density at radius 1 is 1.50 bits per heavy atom. The van der Waals surface area contributed by atoms with Crippen LogP contribution in [0.1, 0.15) is 6.92 Å². The van der Waals surface area contributed by atoms with Crippen LogP contribution in [0.5, 0.6) is 5.75 Å². The summed E-state index contributed by atoms with van der Waals surface area (Å²) in [6.07, 6.45) is 1.23. The van der Waals surface area contributed by atoms with E-state index in [2.05, 4.69) is 15.1 Å². The number of amides is 1. The predicted molar refractivity (Wildman–Crippen MR) is 82.8 cm³/mol. The molecule has 0 aliphatic heterocycles. The third-order valence-electron chi connectivity index (χ3n) is 3.05. The highest BCUT2D eigenvalue weighted by Gasteiger charge is 2.14. The lowest BCUT2D eigenvalue weighted by Gasteiger charge is -2.14. The number of rotatable bonds is 3. The number of ether oxygens (including phenoxy) is 1. The average Bonchev–Trinajstić information content (AvgIpc) is 3.14. The van der Waals surface area contributed by atoms with E-state index in [-0.39, 0.29) is 0 Å². The molecule has 0 saturated carbocycles. The molecular formula is C13H14N6O2S. The van der Waals surface area contributed by atoms with E-state index < -0.39 is 6.09 Å². The van der Waals surface area contributed by atoms with Crippen LogP contribution in [0.3, 0.4) is 0 Å². The zero-order chi connectivity index (χ0) is 15.7. The van der Waals surface area contributed by atoms with Gasteiger partial charge in [-0.25, -0.2) is 14.8 Å². The van der Waals surface area contributed by atoms with E-state index in [0.29, 0.717) is 34.6 Å². The summed E-state index contributed by atoms with van der Waals surface area (Å²) in [6, 6.07) is 3.15. The van der Waals surface area contributed by atoms with E-state index in [1.165, 1.54) is 26.8 Å². The first-order chi connectivity index (χ1) is 10.6. The molecule has 1 amide bonds. The van der Waals surface area contributed by atoms with Crippen molar-refractivity contribution >= 4 is 28.9 Å². The lowest BCUT2D eigenvalue weighted by atomic mass is 10.4. The highest BCUT2D eigenvalue weighted by Crippen LogP contribution is 2.23. The minimum Gasteiger partial charge on any atom is -0.410 e. The lowest BCUT2D eigenvalue weighted by Crippen LogP contribution is -2.29. The number of carbonyl (C=O) groups excluding carboxylic acids is 1. The molecule has 9 heteroatoms. The van der Waals surface area contributed by atoms with Gasteiger partial charge in [0.1, 0.15) is 11.6 Å². The molecule has 0 aliphatic carbocycles. The molecule has 3 aromatic rings. The number of hydrogen-bond acceptors (Lipinski definition) is 7. The van der Waals surface area contributed by atoms with E-state index >= 15 is 0 Å². The SMILES string of the molecule is CCN(C)C(=O)Oc1cc(N)n2nc(-c3nccs3)nc2c1. The maximum absolute atomic E-state index is 11.8. The van der Waals surface area contributed by atoms with Crippen LogP contribution in [0, 0.1) is 0 Å². The highest BCUT2D eigenvalue weighted by atomic mass is 32.1. The Morgan fingerprint density at radius 3 is 3.00 bits per heavy atom. The number of anilines is 1. The molecular weight excluding hydrogens is 304 g/mol. The Labute approximate surface area is 130 Å². The predicted octanol–water partition coefficient (Wildman–Crippen LogP) is 1.89. The van der Waals surface area contributed by atoms with Gasteiger partial charge in [0, 0.05) is 37.3 Å². The second kappa shape index (κ2) is 5.60. The van der Waals surface area contributed by atoms with Crippen molar-refractivity contribution in [3.8, 4) is 16.6 Å². The molecule has 0 spiro atoms. The van der Waals surface area contributed by atoms with E-state index in [1.54, 1.807) is 19.3 Å². The summed E-state index contributed by atoms with van der Waals surface area (Å²) < 4.78 is 6.75. The molecule has 0 fully saturated rings. The normalized spacial score (nSPS) is 10.8. The van der Waals surface area contributed by atoms with Gasteiger partial charge in [-0.3, -0.25) is 0 Å². The van der Waals surface area contributed by atoms with E-state index in [9.17, 15) is 4.79 Å². The van der Waals surface area contributed by atoms with Crippen LogP contribution in [-0.2, 0) is 0 Å². The number of pyridine rings is 1. The van der Waals surface area contributed by atoms with Gasteiger partial charge in [-0.05, 0) is 6.92 Å². The quantitative estimate of drug-likeness (QED) is 0.791. The molecule has 0 aromatic carbocycles. The monoisotopic (exact) mass is 318 g/mol. The van der Waals surface area contributed by atoms with Gasteiger partial charge in [0.2, 0.25) is 5.82 Å². The molecule has 2 N–H and O–H groups in total. The zero-order valence-corrected chi connectivity index (χ0v) is 12.9. The van der Waals surface area contributed by atoms with Gasteiger partial charge in [0.05, 0.1) is 0 Å². The molecule has 8 nitrogen and oxygen atoms in total. The Balaban J connectivity index is 1.96. The van der Waals surface area contributed by atoms with Crippen molar-refractivity contribution < 1.29 is 9.53 Å². The molecule has 0 saturated heterocycles. The van der Waals surface area contributed by atoms with Crippen LogP contribution >= 0.6 is 11.3 Å². The van der Waals surface area contributed by atoms with Gasteiger partial charge < -0.3 is 15.4 Å². The van der Waals surface area contributed by atoms with Crippen molar-refractivity contribution in [3.05, 3.63) is 23.7 Å². The lowest BCUT2D eigenvalue weighted by molar-refractivity contribution is 0.165. The maximum Gasteiger partial charge on any atom is 0.414 e. The summed E-state index contributed by atoms with van der Waals surface area (Å²) in [4.78, 5) is 21.8. The van der Waals surface area contributed by atoms with Gasteiger partial charge in [0.25, 0.3) is 0 Å². The number of fused-ring (bicyclic) bond motifs is 1. The number of nitrogens with two attached hydrogens (primary N) is 1. The second-order valence-electron chi connectivity index (χ2n) is 4.54. The van der Waals surface area contributed by atoms with Crippen molar-refractivity contribution in [2.75, 3.05) is 19.3 Å². The molecule has 0 unspecified atom stereocenters. The third-order valence-corrected chi connectivity index (χ3v) is 3.82. The molecule has 0 aliphatic rings. The smallest absolute Gasteiger partial charge is 0.410 e. The summed E-state index contributed by atoms with van der Waals surface area (Å²) in [5.74, 6) is 1.14. The Bertz CT molecular complexity index is 813. The first-order valence-corrected chi connectivity index (χ1v) is 7.45. The van der Waals surface area contributed by atoms with Crippen molar-refractivity contribution in [1.29, 1.82) is 0 Å². The summed E-state index contributed by atoms with van der Waals surface area (Å²) in [5.41, 5.74) is 6.44. The fourth-order valence-electron chi connectivity index (χ4n) is 1.77. The first-order valence-electron chi connectivity index (χ1n) is 6.57.